The van der Waals surface area contributed by atoms with Crippen molar-refractivity contribution >= 4 is 23.6 Å². The standard InChI is InChI=1S/C12H18N4O4/c1-7(15-3-9(17)13-10(18)4-15)8(2)16-5-11(19)14-12(20)6-16/h7-8H,3-6H2,1-2H3,(H,13,17,18)(H,14,19,20)/t7-,8?/m0/s1. The molecule has 2 fully saturated rings. The van der Waals surface area contributed by atoms with Crippen LogP contribution < -0.4 is 10.6 Å². The third-order valence-corrected chi connectivity index (χ3v) is 3.79. The maximum Gasteiger partial charge on any atom is 0.240 e. The first-order valence-electron chi connectivity index (χ1n) is 6.50. The van der Waals surface area contributed by atoms with Crippen molar-refractivity contribution in [3.8, 4) is 0 Å². The van der Waals surface area contributed by atoms with E-state index in [-0.39, 0.29) is 61.9 Å². The number of amides is 4. The van der Waals surface area contributed by atoms with E-state index in [4.69, 9.17) is 0 Å². The largest absolute Gasteiger partial charge is 0.294 e. The number of hydrogen-bond acceptors (Lipinski definition) is 6. The summed E-state index contributed by atoms with van der Waals surface area (Å²) in [5.41, 5.74) is 0. The molecule has 2 heterocycles. The Bertz CT molecular complexity index is 390. The second-order valence-corrected chi connectivity index (χ2v) is 5.23. The molecule has 0 aliphatic carbocycles. The van der Waals surface area contributed by atoms with E-state index in [0.717, 1.165) is 0 Å². The number of carbonyl (C=O) groups excluding carboxylic acids is 4. The Morgan fingerprint density at radius 2 is 0.950 bits per heavy atom. The lowest BCUT2D eigenvalue weighted by Crippen LogP contribution is -2.61. The van der Waals surface area contributed by atoms with Gasteiger partial charge in [-0.05, 0) is 13.8 Å². The monoisotopic (exact) mass is 282 g/mol. The molecule has 8 nitrogen and oxygen atoms in total. The average molecular weight is 282 g/mol. The Labute approximate surface area is 116 Å². The van der Waals surface area contributed by atoms with E-state index in [9.17, 15) is 19.2 Å². The van der Waals surface area contributed by atoms with E-state index in [1.165, 1.54) is 0 Å². The summed E-state index contributed by atoms with van der Waals surface area (Å²) >= 11 is 0. The van der Waals surface area contributed by atoms with Crippen molar-refractivity contribution in [1.29, 1.82) is 0 Å². The molecular weight excluding hydrogens is 264 g/mol. The Morgan fingerprint density at radius 1 is 0.700 bits per heavy atom. The van der Waals surface area contributed by atoms with Gasteiger partial charge in [-0.2, -0.15) is 0 Å². The van der Waals surface area contributed by atoms with Crippen molar-refractivity contribution in [1.82, 2.24) is 20.4 Å². The van der Waals surface area contributed by atoms with Gasteiger partial charge in [0.2, 0.25) is 23.6 Å². The summed E-state index contributed by atoms with van der Waals surface area (Å²) in [7, 11) is 0. The van der Waals surface area contributed by atoms with Gasteiger partial charge >= 0.3 is 0 Å². The van der Waals surface area contributed by atoms with Crippen molar-refractivity contribution < 1.29 is 19.2 Å². The number of rotatable bonds is 3. The van der Waals surface area contributed by atoms with Gasteiger partial charge in [-0.15, -0.1) is 0 Å². The number of nitrogens with zero attached hydrogens (tertiary/aromatic N) is 2. The molecule has 0 saturated carbocycles. The minimum atomic E-state index is -0.326. The molecule has 0 aromatic rings. The van der Waals surface area contributed by atoms with Gasteiger partial charge in [-0.3, -0.25) is 39.6 Å². The maximum atomic E-state index is 11.4. The molecule has 0 bridgehead atoms. The minimum Gasteiger partial charge on any atom is -0.294 e. The van der Waals surface area contributed by atoms with Gasteiger partial charge in [-0.1, -0.05) is 0 Å². The van der Waals surface area contributed by atoms with Gasteiger partial charge in [0, 0.05) is 12.1 Å². The molecule has 1 unspecified atom stereocenters. The van der Waals surface area contributed by atoms with Gasteiger partial charge < -0.3 is 0 Å². The topological polar surface area (TPSA) is 98.8 Å². The molecule has 8 heteroatoms. The number of imide groups is 2. The number of hydrogen-bond donors (Lipinski definition) is 2. The Morgan fingerprint density at radius 3 is 1.20 bits per heavy atom. The van der Waals surface area contributed by atoms with Gasteiger partial charge in [0.05, 0.1) is 26.2 Å². The summed E-state index contributed by atoms with van der Waals surface area (Å²) < 4.78 is 0. The lowest BCUT2D eigenvalue weighted by Gasteiger charge is -2.40. The molecule has 0 spiro atoms. The SMILES string of the molecule is CC([C@H](C)N1CC(=O)NC(=O)C1)N1CC(=O)NC(=O)C1. The van der Waals surface area contributed by atoms with Gasteiger partial charge in [0.1, 0.15) is 0 Å². The highest BCUT2D eigenvalue weighted by Gasteiger charge is 2.34. The quantitative estimate of drug-likeness (QED) is 0.564. The van der Waals surface area contributed by atoms with Crippen LogP contribution in [0.5, 0.6) is 0 Å². The second kappa shape index (κ2) is 5.68. The molecule has 2 aliphatic heterocycles. The molecule has 2 N–H and O–H groups in total. The first kappa shape index (κ1) is 14.6. The molecule has 2 aliphatic rings. The first-order valence-corrected chi connectivity index (χ1v) is 6.50. The Kier molecular flexibility index (Phi) is 4.15. The maximum absolute atomic E-state index is 11.4. The highest BCUT2D eigenvalue weighted by atomic mass is 16.2. The van der Waals surface area contributed by atoms with Crippen molar-refractivity contribution in [2.75, 3.05) is 26.2 Å². The van der Waals surface area contributed by atoms with Crippen LogP contribution in [0.15, 0.2) is 0 Å². The minimum absolute atomic E-state index is 0.122. The molecule has 2 atom stereocenters. The van der Waals surface area contributed by atoms with Crippen LogP contribution in [0, 0.1) is 0 Å². The smallest absolute Gasteiger partial charge is 0.240 e. The third kappa shape index (κ3) is 3.20. The van der Waals surface area contributed by atoms with Crippen LogP contribution in [-0.4, -0.2) is 71.7 Å². The van der Waals surface area contributed by atoms with Crippen LogP contribution in [0.25, 0.3) is 0 Å². The van der Waals surface area contributed by atoms with E-state index in [2.05, 4.69) is 10.6 Å². The number of nitrogens with one attached hydrogen (secondary N) is 2. The van der Waals surface area contributed by atoms with Crippen LogP contribution >= 0.6 is 0 Å². The van der Waals surface area contributed by atoms with Crippen LogP contribution in [0.1, 0.15) is 13.8 Å². The van der Waals surface area contributed by atoms with E-state index in [1.54, 1.807) is 9.80 Å². The van der Waals surface area contributed by atoms with Crippen molar-refractivity contribution in [2.45, 2.75) is 25.9 Å². The van der Waals surface area contributed by atoms with Gasteiger partial charge in [-0.25, -0.2) is 0 Å². The first-order chi connectivity index (χ1) is 9.36. The predicted molar refractivity (Wildman–Crippen MR) is 68.4 cm³/mol. The summed E-state index contributed by atoms with van der Waals surface area (Å²) in [5, 5.41) is 4.49. The zero-order valence-corrected chi connectivity index (χ0v) is 11.5. The summed E-state index contributed by atoms with van der Waals surface area (Å²) in [6, 6.07) is -0.243. The molecule has 2 saturated heterocycles. The lowest BCUT2D eigenvalue weighted by molar-refractivity contribution is -0.141. The predicted octanol–water partition coefficient (Wildman–Crippen LogP) is -2.32. The normalized spacial score (nSPS) is 25.1. The average Bonchev–Trinajstić information content (AvgIpc) is 2.34. The van der Waals surface area contributed by atoms with E-state index < -0.39 is 0 Å². The molecule has 0 aromatic heterocycles. The molecule has 4 amide bonds. The van der Waals surface area contributed by atoms with E-state index in [0.29, 0.717) is 0 Å². The van der Waals surface area contributed by atoms with E-state index in [1.807, 2.05) is 13.8 Å². The number of piperazine rings is 2. The fourth-order valence-corrected chi connectivity index (χ4v) is 2.50. The van der Waals surface area contributed by atoms with Crippen LogP contribution in [-0.2, 0) is 19.2 Å². The Hall–Kier alpha value is -1.80. The summed E-state index contributed by atoms with van der Waals surface area (Å²) in [6.07, 6.45) is 0. The summed E-state index contributed by atoms with van der Waals surface area (Å²) in [4.78, 5) is 49.0. The summed E-state index contributed by atoms with van der Waals surface area (Å²) in [6.45, 7) is 4.34. The summed E-state index contributed by atoms with van der Waals surface area (Å²) in [5.74, 6) is -1.30. The molecule has 20 heavy (non-hydrogen) atoms. The third-order valence-electron chi connectivity index (χ3n) is 3.79. The molecule has 2 rings (SSSR count). The highest BCUT2D eigenvalue weighted by molar-refractivity contribution is 6.00. The molecular formula is C12H18N4O4. The zero-order chi connectivity index (χ0) is 14.9. The van der Waals surface area contributed by atoms with Crippen LogP contribution in [0.2, 0.25) is 0 Å². The fourth-order valence-electron chi connectivity index (χ4n) is 2.50. The Balaban J connectivity index is 2.02. The van der Waals surface area contributed by atoms with Gasteiger partial charge in [0.15, 0.2) is 0 Å². The lowest BCUT2D eigenvalue weighted by atomic mass is 10.1. The number of carbonyl (C=O) groups is 4. The zero-order valence-electron chi connectivity index (χ0n) is 11.5. The van der Waals surface area contributed by atoms with Crippen molar-refractivity contribution in [2.24, 2.45) is 0 Å². The highest BCUT2D eigenvalue weighted by Crippen LogP contribution is 2.13. The molecule has 110 valence electrons. The second-order valence-electron chi connectivity index (χ2n) is 5.23. The van der Waals surface area contributed by atoms with Crippen LogP contribution in [0.3, 0.4) is 0 Å². The van der Waals surface area contributed by atoms with Crippen molar-refractivity contribution in [3.63, 3.8) is 0 Å². The molecule has 0 aromatic carbocycles. The van der Waals surface area contributed by atoms with Crippen molar-refractivity contribution in [3.05, 3.63) is 0 Å². The fraction of sp³-hybridized carbons (Fsp3) is 0.667. The van der Waals surface area contributed by atoms with Crippen LogP contribution in [0.4, 0.5) is 0 Å². The van der Waals surface area contributed by atoms with Gasteiger partial charge in [0.25, 0.3) is 0 Å². The molecule has 0 radical (unpaired) electrons. The van der Waals surface area contributed by atoms with E-state index >= 15 is 0 Å².